The van der Waals surface area contributed by atoms with E-state index in [1.54, 1.807) is 19.2 Å². The van der Waals surface area contributed by atoms with Gasteiger partial charge < -0.3 is 14.6 Å². The third-order valence-electron chi connectivity index (χ3n) is 3.46. The molecular weight excluding hydrogens is 256 g/mol. The summed E-state index contributed by atoms with van der Waals surface area (Å²) in [5, 5.41) is 9.50. The number of hydrogen-bond acceptors (Lipinski definition) is 4. The lowest BCUT2D eigenvalue weighted by atomic mass is 9.86. The van der Waals surface area contributed by atoms with Crippen LogP contribution in [0.25, 0.3) is 0 Å². The van der Waals surface area contributed by atoms with Crippen molar-refractivity contribution in [1.29, 1.82) is 0 Å². The molecule has 1 aliphatic heterocycles. The fraction of sp³-hybridized carbons (Fsp3) is 0.188. The highest BCUT2D eigenvalue weighted by Gasteiger charge is 2.28. The number of methoxy groups -OCH3 is 1. The normalized spacial score (nSPS) is 17.2. The van der Waals surface area contributed by atoms with Gasteiger partial charge in [-0.25, -0.2) is 0 Å². The molecule has 2 aromatic rings. The number of hydrogen-bond donors (Lipinski definition) is 1. The van der Waals surface area contributed by atoms with Gasteiger partial charge in [-0.15, -0.1) is 0 Å². The SMILES string of the molecule is COc1cccc(C2CC(=O)Oc3cc(O)ccc32)c1. The van der Waals surface area contributed by atoms with Crippen LogP contribution in [0.5, 0.6) is 17.2 Å². The second-order valence-corrected chi connectivity index (χ2v) is 4.73. The van der Waals surface area contributed by atoms with Crippen molar-refractivity contribution in [2.75, 3.05) is 7.11 Å². The molecule has 1 heterocycles. The second kappa shape index (κ2) is 4.89. The highest BCUT2D eigenvalue weighted by atomic mass is 16.5. The summed E-state index contributed by atoms with van der Waals surface area (Å²) in [5.74, 6) is 0.886. The average Bonchev–Trinajstić information content (AvgIpc) is 2.46. The quantitative estimate of drug-likeness (QED) is 0.673. The third kappa shape index (κ3) is 2.20. The van der Waals surface area contributed by atoms with Crippen LogP contribution >= 0.6 is 0 Å². The maximum atomic E-state index is 11.7. The van der Waals surface area contributed by atoms with E-state index in [-0.39, 0.29) is 24.1 Å². The molecule has 1 aliphatic rings. The van der Waals surface area contributed by atoms with Crippen molar-refractivity contribution in [3.8, 4) is 17.2 Å². The molecule has 2 aromatic carbocycles. The predicted molar refractivity (Wildman–Crippen MR) is 73.2 cm³/mol. The molecule has 0 spiro atoms. The van der Waals surface area contributed by atoms with Crippen LogP contribution < -0.4 is 9.47 Å². The maximum Gasteiger partial charge on any atom is 0.312 e. The van der Waals surface area contributed by atoms with Crippen LogP contribution in [0.3, 0.4) is 0 Å². The van der Waals surface area contributed by atoms with Crippen LogP contribution in [0.1, 0.15) is 23.5 Å². The van der Waals surface area contributed by atoms with E-state index in [9.17, 15) is 9.90 Å². The molecule has 0 fully saturated rings. The molecule has 102 valence electrons. The van der Waals surface area contributed by atoms with E-state index >= 15 is 0 Å². The summed E-state index contributed by atoms with van der Waals surface area (Å²) in [5.41, 5.74) is 1.89. The standard InChI is InChI=1S/C16H14O4/c1-19-12-4-2-3-10(7-12)14-9-16(18)20-15-8-11(17)5-6-13(14)15/h2-8,14,17H,9H2,1H3. The van der Waals surface area contributed by atoms with Crippen molar-refractivity contribution < 1.29 is 19.4 Å². The summed E-state index contributed by atoms with van der Waals surface area (Å²) in [7, 11) is 1.61. The number of carbonyl (C=O) groups is 1. The zero-order valence-electron chi connectivity index (χ0n) is 11.0. The lowest BCUT2D eigenvalue weighted by Crippen LogP contribution is -2.20. The van der Waals surface area contributed by atoms with Gasteiger partial charge in [-0.1, -0.05) is 18.2 Å². The van der Waals surface area contributed by atoms with Gasteiger partial charge in [0.15, 0.2) is 0 Å². The molecular formula is C16H14O4. The molecule has 1 atom stereocenters. The molecule has 0 amide bonds. The van der Waals surface area contributed by atoms with E-state index in [1.165, 1.54) is 6.07 Å². The Hall–Kier alpha value is -2.49. The van der Waals surface area contributed by atoms with Crippen LogP contribution in [0, 0.1) is 0 Å². The molecule has 3 rings (SSSR count). The number of ether oxygens (including phenoxy) is 2. The Kier molecular flexibility index (Phi) is 3.06. The van der Waals surface area contributed by atoms with Crippen LogP contribution in [-0.2, 0) is 4.79 Å². The summed E-state index contributed by atoms with van der Waals surface area (Å²) >= 11 is 0. The van der Waals surface area contributed by atoms with Crippen LogP contribution in [-0.4, -0.2) is 18.2 Å². The summed E-state index contributed by atoms with van der Waals surface area (Å²) in [6.07, 6.45) is 0.283. The number of benzene rings is 2. The van der Waals surface area contributed by atoms with Gasteiger partial charge >= 0.3 is 5.97 Å². The Bertz CT molecular complexity index is 663. The first kappa shape index (κ1) is 12.5. The van der Waals surface area contributed by atoms with Crippen molar-refractivity contribution in [2.24, 2.45) is 0 Å². The maximum absolute atomic E-state index is 11.7. The minimum atomic E-state index is -0.295. The lowest BCUT2D eigenvalue weighted by molar-refractivity contribution is -0.135. The van der Waals surface area contributed by atoms with Crippen LogP contribution in [0.4, 0.5) is 0 Å². The van der Waals surface area contributed by atoms with Gasteiger partial charge in [-0.2, -0.15) is 0 Å². The summed E-state index contributed by atoms with van der Waals surface area (Å²) in [4.78, 5) is 11.7. The number of fused-ring (bicyclic) bond motifs is 1. The first-order valence-electron chi connectivity index (χ1n) is 6.35. The highest BCUT2D eigenvalue weighted by Crippen LogP contribution is 2.40. The Morgan fingerprint density at radius 2 is 2.10 bits per heavy atom. The average molecular weight is 270 g/mol. The third-order valence-corrected chi connectivity index (χ3v) is 3.46. The number of phenols is 1. The van der Waals surface area contributed by atoms with Gasteiger partial charge in [0.1, 0.15) is 17.2 Å². The summed E-state index contributed by atoms with van der Waals surface area (Å²) in [6, 6.07) is 12.5. The van der Waals surface area contributed by atoms with Gasteiger partial charge in [0.05, 0.1) is 13.5 Å². The zero-order chi connectivity index (χ0) is 14.1. The van der Waals surface area contributed by atoms with Crippen molar-refractivity contribution in [3.05, 3.63) is 53.6 Å². The van der Waals surface area contributed by atoms with E-state index in [4.69, 9.17) is 9.47 Å². The smallest absolute Gasteiger partial charge is 0.312 e. The van der Waals surface area contributed by atoms with Gasteiger partial charge in [0.2, 0.25) is 0 Å². The Balaban J connectivity index is 2.08. The van der Waals surface area contributed by atoms with E-state index < -0.39 is 0 Å². The van der Waals surface area contributed by atoms with Gasteiger partial charge in [-0.3, -0.25) is 4.79 Å². The predicted octanol–water partition coefficient (Wildman–Crippen LogP) is 2.84. The lowest BCUT2D eigenvalue weighted by Gasteiger charge is -2.25. The molecule has 0 bridgehead atoms. The first-order chi connectivity index (χ1) is 9.67. The second-order valence-electron chi connectivity index (χ2n) is 4.73. The van der Waals surface area contributed by atoms with Crippen molar-refractivity contribution in [1.82, 2.24) is 0 Å². The fourth-order valence-electron chi connectivity index (χ4n) is 2.50. The summed E-state index contributed by atoms with van der Waals surface area (Å²) < 4.78 is 10.4. The first-order valence-corrected chi connectivity index (χ1v) is 6.35. The molecule has 0 saturated heterocycles. The number of aromatic hydroxyl groups is 1. The van der Waals surface area contributed by atoms with E-state index in [0.29, 0.717) is 5.75 Å². The van der Waals surface area contributed by atoms with Crippen LogP contribution in [0.15, 0.2) is 42.5 Å². The minimum Gasteiger partial charge on any atom is -0.508 e. The van der Waals surface area contributed by atoms with Gasteiger partial charge in [-0.05, 0) is 23.8 Å². The molecule has 1 unspecified atom stereocenters. The highest BCUT2D eigenvalue weighted by molar-refractivity contribution is 5.78. The van der Waals surface area contributed by atoms with E-state index in [2.05, 4.69) is 0 Å². The summed E-state index contributed by atoms with van der Waals surface area (Å²) in [6.45, 7) is 0. The van der Waals surface area contributed by atoms with Crippen molar-refractivity contribution >= 4 is 5.97 Å². The number of carbonyl (C=O) groups excluding carboxylic acids is 1. The molecule has 4 heteroatoms. The zero-order valence-corrected chi connectivity index (χ0v) is 11.0. The van der Waals surface area contributed by atoms with Crippen molar-refractivity contribution in [2.45, 2.75) is 12.3 Å². The number of phenolic OH excluding ortho intramolecular Hbond substituents is 1. The van der Waals surface area contributed by atoms with Crippen LogP contribution in [0.2, 0.25) is 0 Å². The van der Waals surface area contributed by atoms with Gasteiger partial charge in [0, 0.05) is 17.5 Å². The number of rotatable bonds is 2. The monoisotopic (exact) mass is 270 g/mol. The minimum absolute atomic E-state index is 0.0815. The molecule has 1 N–H and O–H groups in total. The molecule has 0 radical (unpaired) electrons. The molecule has 0 aliphatic carbocycles. The largest absolute Gasteiger partial charge is 0.508 e. The topological polar surface area (TPSA) is 55.8 Å². The van der Waals surface area contributed by atoms with Gasteiger partial charge in [0.25, 0.3) is 0 Å². The molecule has 4 nitrogen and oxygen atoms in total. The van der Waals surface area contributed by atoms with Crippen molar-refractivity contribution in [3.63, 3.8) is 0 Å². The molecule has 20 heavy (non-hydrogen) atoms. The Morgan fingerprint density at radius 3 is 2.90 bits per heavy atom. The van der Waals surface area contributed by atoms with E-state index in [0.717, 1.165) is 16.9 Å². The number of esters is 1. The molecule has 0 saturated carbocycles. The van der Waals surface area contributed by atoms with E-state index in [1.807, 2.05) is 24.3 Å². The fourth-order valence-corrected chi connectivity index (χ4v) is 2.50. The molecule has 0 aromatic heterocycles. The Morgan fingerprint density at radius 1 is 1.25 bits per heavy atom. The Labute approximate surface area is 116 Å².